The van der Waals surface area contributed by atoms with Crippen LogP contribution in [0.4, 0.5) is 27.6 Å². The van der Waals surface area contributed by atoms with Gasteiger partial charge in [-0.1, -0.05) is 29.3 Å². The van der Waals surface area contributed by atoms with Gasteiger partial charge in [0.2, 0.25) is 10.0 Å². The van der Waals surface area contributed by atoms with Crippen LogP contribution >= 0.6 is 23.2 Å². The molecule has 48 heavy (non-hydrogen) atoms. The lowest BCUT2D eigenvalue weighted by Gasteiger charge is -2.21. The van der Waals surface area contributed by atoms with Gasteiger partial charge in [-0.2, -0.15) is 22.0 Å². The van der Waals surface area contributed by atoms with E-state index < -0.39 is 64.3 Å². The van der Waals surface area contributed by atoms with E-state index in [4.69, 9.17) is 37.4 Å². The molecule has 0 bridgehead atoms. The molecule has 0 spiro atoms. The number of benzene rings is 2. The molecule has 4 rings (SSSR count). The van der Waals surface area contributed by atoms with E-state index in [0.29, 0.717) is 24.0 Å². The Morgan fingerprint density at radius 1 is 1.04 bits per heavy atom. The number of hydrogen-bond acceptors (Lipinski definition) is 9. The molecular weight excluding hydrogens is 718 g/mol. The molecular formula is C29H27Cl2F5N2O9S. The number of carbonyl (C=O) groups excluding carboxylic acids is 2. The molecule has 19 heteroatoms. The van der Waals surface area contributed by atoms with Crippen LogP contribution in [-0.2, 0) is 36.9 Å². The molecule has 1 aliphatic rings. The molecule has 0 radical (unpaired) electrons. The first-order valence-electron chi connectivity index (χ1n) is 13.6. The molecule has 0 saturated heterocycles. The molecule has 0 amide bonds. The molecule has 262 valence electrons. The maximum absolute atomic E-state index is 13.4. The Kier molecular flexibility index (Phi) is 12.8. The first-order chi connectivity index (χ1) is 22.0. The van der Waals surface area contributed by atoms with Crippen molar-refractivity contribution in [3.63, 3.8) is 0 Å². The number of halogens is 7. The molecule has 1 saturated carbocycles. The van der Waals surface area contributed by atoms with Crippen LogP contribution in [0.25, 0.3) is 0 Å². The maximum atomic E-state index is 13.4. The number of aromatic amines is 1. The number of H-pyrrole nitrogens is 1. The summed E-state index contributed by atoms with van der Waals surface area (Å²) in [6.45, 7) is -4.00. The van der Waals surface area contributed by atoms with Gasteiger partial charge in [0.05, 0.1) is 24.0 Å². The summed E-state index contributed by atoms with van der Waals surface area (Å²) >= 11 is 12.6. The first-order valence-corrected chi connectivity index (χ1v) is 16.3. The number of carbonyl (C=O) groups is 2. The predicted octanol–water partition coefficient (Wildman–Crippen LogP) is 6.10. The SMILES string of the molecule is CS(=O)(=O)Nc1cc(C(=O)OCC(=O)O[C@@H](Cc2c(Cl)c[nH+]cc2Cl)c2ccc(OC(F)F)c(OCC3CC3)c2)cc(C(F)(F)F)c1.[OH-]. The Morgan fingerprint density at radius 3 is 2.29 bits per heavy atom. The minimum absolute atomic E-state index is 0. The van der Waals surface area contributed by atoms with Crippen molar-refractivity contribution in [3.8, 4) is 11.5 Å². The highest BCUT2D eigenvalue weighted by molar-refractivity contribution is 7.92. The molecule has 3 N–H and O–H groups in total. The molecule has 1 heterocycles. The lowest BCUT2D eigenvalue weighted by atomic mass is 10.0. The summed E-state index contributed by atoms with van der Waals surface area (Å²) in [5.74, 6) is -2.62. The van der Waals surface area contributed by atoms with Crippen LogP contribution < -0.4 is 19.2 Å². The van der Waals surface area contributed by atoms with Crippen molar-refractivity contribution < 1.29 is 69.4 Å². The molecule has 0 aliphatic heterocycles. The summed E-state index contributed by atoms with van der Waals surface area (Å²) in [7, 11) is -4.01. The zero-order valence-electron chi connectivity index (χ0n) is 24.7. The van der Waals surface area contributed by atoms with Crippen molar-refractivity contribution in [2.45, 2.75) is 38.2 Å². The number of rotatable bonds is 14. The Morgan fingerprint density at radius 2 is 1.71 bits per heavy atom. The van der Waals surface area contributed by atoms with Crippen molar-refractivity contribution in [3.05, 3.63) is 81.1 Å². The molecule has 2 aromatic carbocycles. The monoisotopic (exact) mass is 744 g/mol. The summed E-state index contributed by atoms with van der Waals surface area (Å²) in [5.41, 5.74) is -2.07. The van der Waals surface area contributed by atoms with E-state index in [1.807, 2.05) is 4.72 Å². The van der Waals surface area contributed by atoms with E-state index in [0.717, 1.165) is 18.9 Å². The average Bonchev–Trinajstić information content (AvgIpc) is 3.79. The Balaban J connectivity index is 0.00000625. The lowest BCUT2D eigenvalue weighted by Crippen LogP contribution is -2.21. The molecule has 11 nitrogen and oxygen atoms in total. The number of pyridine rings is 1. The van der Waals surface area contributed by atoms with Crippen molar-refractivity contribution in [1.29, 1.82) is 0 Å². The van der Waals surface area contributed by atoms with Crippen LogP contribution in [0.1, 0.15) is 46.0 Å². The maximum Gasteiger partial charge on any atom is 0.416 e. The minimum Gasteiger partial charge on any atom is -0.870 e. The van der Waals surface area contributed by atoms with E-state index in [9.17, 15) is 40.0 Å². The lowest BCUT2D eigenvalue weighted by molar-refractivity contribution is -0.377. The Labute approximate surface area is 280 Å². The van der Waals surface area contributed by atoms with Gasteiger partial charge in [0.15, 0.2) is 30.5 Å². The zero-order chi connectivity index (χ0) is 34.5. The van der Waals surface area contributed by atoms with E-state index in [-0.39, 0.29) is 51.5 Å². The molecule has 1 aromatic heterocycles. The third-order valence-electron chi connectivity index (χ3n) is 6.51. The van der Waals surface area contributed by atoms with Crippen LogP contribution in [0.3, 0.4) is 0 Å². The van der Waals surface area contributed by atoms with Crippen molar-refractivity contribution in [1.82, 2.24) is 0 Å². The predicted molar refractivity (Wildman–Crippen MR) is 159 cm³/mol. The Bertz CT molecular complexity index is 1720. The summed E-state index contributed by atoms with van der Waals surface area (Å²) in [4.78, 5) is 28.3. The molecule has 1 atom stereocenters. The van der Waals surface area contributed by atoms with Gasteiger partial charge in [0, 0.05) is 17.7 Å². The van der Waals surface area contributed by atoms with Gasteiger partial charge >= 0.3 is 24.7 Å². The standard InChI is InChI=1S/C29H25Cl2F5N2O8S.H2O/c1-47(41,42)38-19-7-17(6-18(9-19)29(34,35)36)27(40)44-14-26(39)45-24(10-20-21(30)11-37-12-22(20)31)16-4-5-23(46-28(32)33)25(8-16)43-13-15-2-3-15;/h4-9,11-12,15,24,28,38H,2-3,10,13-14H2,1H3;1H2/t24-;/m0./s1. The highest BCUT2D eigenvalue weighted by Gasteiger charge is 2.33. The fraction of sp³-hybridized carbons (Fsp3) is 0.345. The van der Waals surface area contributed by atoms with Gasteiger partial charge in [-0.05, 0) is 54.7 Å². The highest BCUT2D eigenvalue weighted by atomic mass is 35.5. The van der Waals surface area contributed by atoms with Gasteiger partial charge in [-0.3, -0.25) is 4.72 Å². The van der Waals surface area contributed by atoms with Crippen LogP contribution in [-0.4, -0.2) is 51.9 Å². The Hall–Kier alpha value is -3.93. The summed E-state index contributed by atoms with van der Waals surface area (Å²) in [5, 5.41) is 0.326. The molecule has 1 fully saturated rings. The number of nitrogens with one attached hydrogen (secondary N) is 2. The third-order valence-corrected chi connectivity index (χ3v) is 7.79. The van der Waals surface area contributed by atoms with Gasteiger partial charge in [0.1, 0.15) is 16.1 Å². The van der Waals surface area contributed by atoms with E-state index in [2.05, 4.69) is 9.72 Å². The van der Waals surface area contributed by atoms with E-state index in [1.54, 1.807) is 0 Å². The van der Waals surface area contributed by atoms with E-state index >= 15 is 0 Å². The second-order valence-corrected chi connectivity index (χ2v) is 13.0. The number of esters is 2. The highest BCUT2D eigenvalue weighted by Crippen LogP contribution is 2.38. The molecule has 0 unspecified atom stereocenters. The smallest absolute Gasteiger partial charge is 0.416 e. The number of aromatic nitrogens is 1. The fourth-order valence-electron chi connectivity index (χ4n) is 4.19. The van der Waals surface area contributed by atoms with Crippen LogP contribution in [0.15, 0.2) is 48.8 Å². The quantitative estimate of drug-likeness (QED) is 0.152. The number of hydrogen-bond donors (Lipinski definition) is 1. The first kappa shape index (κ1) is 38.5. The minimum atomic E-state index is -4.95. The number of sulfonamides is 1. The van der Waals surface area contributed by atoms with Crippen molar-refractivity contribution in [2.24, 2.45) is 5.92 Å². The molecule has 3 aromatic rings. The van der Waals surface area contributed by atoms with Crippen molar-refractivity contribution in [2.75, 3.05) is 24.2 Å². The van der Waals surface area contributed by atoms with Gasteiger partial charge in [-0.25, -0.2) is 23.0 Å². The van der Waals surface area contributed by atoms with Crippen LogP contribution in [0, 0.1) is 5.92 Å². The largest absolute Gasteiger partial charge is 0.870 e. The molecule has 1 aliphatic carbocycles. The van der Waals surface area contributed by atoms with E-state index in [1.165, 1.54) is 30.6 Å². The zero-order valence-corrected chi connectivity index (χ0v) is 27.0. The number of anilines is 1. The second kappa shape index (κ2) is 16.0. The number of alkyl halides is 5. The fourth-order valence-corrected chi connectivity index (χ4v) is 5.27. The van der Waals surface area contributed by atoms with Gasteiger partial charge in [0.25, 0.3) is 0 Å². The second-order valence-electron chi connectivity index (χ2n) is 10.4. The van der Waals surface area contributed by atoms with Crippen molar-refractivity contribution >= 4 is 50.9 Å². The third kappa shape index (κ3) is 11.4. The number of ether oxygens (including phenoxy) is 4. The van der Waals surface area contributed by atoms with Gasteiger partial charge < -0.3 is 24.4 Å². The van der Waals surface area contributed by atoms with Crippen LogP contribution in [0.5, 0.6) is 11.5 Å². The normalized spacial score (nSPS) is 13.7. The van der Waals surface area contributed by atoms with Gasteiger partial charge in [-0.15, -0.1) is 0 Å². The summed E-state index contributed by atoms with van der Waals surface area (Å²) < 4.78 is 112. The summed E-state index contributed by atoms with van der Waals surface area (Å²) in [6, 6.07) is 5.57. The average molecular weight is 746 g/mol. The topological polar surface area (TPSA) is 161 Å². The van der Waals surface area contributed by atoms with Crippen LogP contribution in [0.2, 0.25) is 10.0 Å². The summed E-state index contributed by atoms with van der Waals surface area (Å²) in [6.07, 6.45) is -0.995.